The van der Waals surface area contributed by atoms with Crippen molar-refractivity contribution in [1.29, 1.82) is 0 Å². The number of carbonyl (C=O) groups excluding carboxylic acids is 9. The predicted octanol–water partition coefficient (Wildman–Crippen LogP) is 2.55. The Morgan fingerprint density at radius 3 is 1.15 bits per heavy atom. The number of nitrogens with zero attached hydrogens (tertiary/aromatic N) is 1. The number of hydrogen-bond acceptors (Lipinski definition) is 19. The van der Waals surface area contributed by atoms with Crippen molar-refractivity contribution in [2.24, 2.45) is 0 Å². The van der Waals surface area contributed by atoms with Crippen LogP contribution in [0.3, 0.4) is 0 Å². The summed E-state index contributed by atoms with van der Waals surface area (Å²) in [6.07, 6.45) is -12.2. The summed E-state index contributed by atoms with van der Waals surface area (Å²) in [5.41, 5.74) is 3.99. The highest BCUT2D eigenvalue weighted by Crippen LogP contribution is 2.54. The third-order valence-electron chi connectivity index (χ3n) is 12.1. The highest BCUT2D eigenvalue weighted by molar-refractivity contribution is 5.83. The van der Waals surface area contributed by atoms with Crippen molar-refractivity contribution >= 4 is 53.7 Å². The van der Waals surface area contributed by atoms with Crippen LogP contribution in [-0.2, 0) is 95.9 Å². The lowest BCUT2D eigenvalue weighted by molar-refractivity contribution is -0.243. The molecule has 3 fully saturated rings. The molecule has 20 nitrogen and oxygen atoms in total. The molecule has 0 saturated carbocycles. The maximum Gasteiger partial charge on any atom is 0.303 e. The van der Waals surface area contributed by atoms with E-state index in [4.69, 9.17) is 47.4 Å². The molecule has 71 heavy (non-hydrogen) atoms. The molecule has 378 valence electrons. The lowest BCUT2D eigenvalue weighted by Gasteiger charge is -2.43. The van der Waals surface area contributed by atoms with E-state index < -0.39 is 127 Å². The van der Waals surface area contributed by atoms with E-state index >= 15 is 0 Å². The largest absolute Gasteiger partial charge is 0.463 e. The Morgan fingerprint density at radius 2 is 0.831 bits per heavy atom. The van der Waals surface area contributed by atoms with Crippen LogP contribution in [0, 0.1) is 23.7 Å². The first-order valence-corrected chi connectivity index (χ1v) is 22.8. The van der Waals surface area contributed by atoms with Crippen LogP contribution in [-0.4, -0.2) is 146 Å². The number of amides is 1. The number of carbonyl (C=O) groups is 9. The van der Waals surface area contributed by atoms with Gasteiger partial charge in [0, 0.05) is 91.9 Å². The van der Waals surface area contributed by atoms with Crippen LogP contribution in [0.15, 0.2) is 36.4 Å². The van der Waals surface area contributed by atoms with Crippen LogP contribution in [0.2, 0.25) is 0 Å². The minimum absolute atomic E-state index is 0.0767. The van der Waals surface area contributed by atoms with E-state index in [-0.39, 0.29) is 5.91 Å². The molecule has 20 heteroatoms. The minimum Gasteiger partial charge on any atom is -0.463 e. The topological polar surface area (TPSA) is 249 Å². The van der Waals surface area contributed by atoms with Crippen molar-refractivity contribution in [3.63, 3.8) is 0 Å². The van der Waals surface area contributed by atoms with Gasteiger partial charge >= 0.3 is 47.8 Å². The zero-order chi connectivity index (χ0) is 51.9. The van der Waals surface area contributed by atoms with Gasteiger partial charge in [0.15, 0.2) is 48.8 Å². The molecule has 3 aliphatic heterocycles. The molecule has 3 heterocycles. The standard InChI is InChI=1S/C51H55NO19/c1-26(53)52-20-18-51(19-21-52)39-22-35(12-16-41-45(64-29(4)56)49(68-33(8)60)47(66-31(6)58)43(70-41)24-62-27(2)54)10-14-37(39)38-15-11-36(23-40(38)51)13-17-42-46(65-30(5)57)50(69-34(9)61)48(67-32(7)59)44(71-42)25-63-28(3)55/h10-11,14-15,22-23,41-50H,18-21,24-25H2,1-9H3/t41-,42-,43-,44-,45-,46-,47-,48-,49-,50+/m1/s1. The molecule has 6 rings (SSSR count). The van der Waals surface area contributed by atoms with Crippen molar-refractivity contribution in [2.75, 3.05) is 26.3 Å². The van der Waals surface area contributed by atoms with Gasteiger partial charge in [0.25, 0.3) is 0 Å². The molecule has 2 aromatic carbocycles. The lowest BCUT2D eigenvalue weighted by Crippen LogP contribution is -2.62. The van der Waals surface area contributed by atoms with Gasteiger partial charge in [-0.05, 0) is 59.4 Å². The van der Waals surface area contributed by atoms with Gasteiger partial charge in [0.2, 0.25) is 5.91 Å². The third-order valence-corrected chi connectivity index (χ3v) is 12.1. The molecule has 1 amide bonds. The summed E-state index contributed by atoms with van der Waals surface area (Å²) in [5.74, 6) is 6.27. The molecule has 10 atom stereocenters. The first-order valence-electron chi connectivity index (χ1n) is 22.8. The number of ether oxygens (including phenoxy) is 10. The third kappa shape index (κ3) is 12.7. The SMILES string of the molecule is CC(=O)OC[C@H]1O[C@H](C#Cc2ccc3c(c2)C2(CCN(C(C)=O)CC2)c2cc(C#C[C@H]4O[C@H](COC(C)=O)[C@@H](OC(C)=O)[C@@H](OC(C)=O)[C@@H]4OC(C)=O)ccc2-3)[C@@H](OC(C)=O)[C@@H](OC(C)=O)[C@@H]1OC(C)=O. The molecule has 0 aromatic heterocycles. The maximum absolute atomic E-state index is 12.6. The van der Waals surface area contributed by atoms with Gasteiger partial charge in [0.1, 0.15) is 25.4 Å². The fourth-order valence-corrected chi connectivity index (χ4v) is 9.39. The maximum atomic E-state index is 12.6. The summed E-state index contributed by atoms with van der Waals surface area (Å²) >= 11 is 0. The van der Waals surface area contributed by atoms with Gasteiger partial charge in [-0.25, -0.2) is 0 Å². The first kappa shape index (κ1) is 53.1. The first-order chi connectivity index (χ1) is 33.6. The molecule has 3 saturated heterocycles. The van der Waals surface area contributed by atoms with Crippen molar-refractivity contribution in [3.05, 3.63) is 58.7 Å². The Morgan fingerprint density at radius 1 is 0.493 bits per heavy atom. The average Bonchev–Trinajstić information content (AvgIpc) is 3.53. The molecule has 0 unspecified atom stereocenters. The number of hydrogen-bond donors (Lipinski definition) is 0. The fourth-order valence-electron chi connectivity index (χ4n) is 9.39. The Bertz CT molecular complexity index is 2430. The van der Waals surface area contributed by atoms with E-state index in [1.54, 1.807) is 17.0 Å². The number of fused-ring (bicyclic) bond motifs is 5. The molecular formula is C51H55NO19. The predicted molar refractivity (Wildman–Crippen MR) is 242 cm³/mol. The molecule has 2 aromatic rings. The van der Waals surface area contributed by atoms with Crippen LogP contribution < -0.4 is 0 Å². The Labute approximate surface area is 409 Å². The summed E-state index contributed by atoms with van der Waals surface area (Å²) in [6, 6.07) is 11.3. The zero-order valence-electron chi connectivity index (χ0n) is 40.7. The highest BCUT2D eigenvalue weighted by atomic mass is 16.7. The number of rotatable bonds is 10. The van der Waals surface area contributed by atoms with E-state index in [0.717, 1.165) is 63.8 Å². The van der Waals surface area contributed by atoms with Gasteiger partial charge in [-0.2, -0.15) is 0 Å². The summed E-state index contributed by atoms with van der Waals surface area (Å²) < 4.78 is 56.2. The van der Waals surface area contributed by atoms with Crippen LogP contribution >= 0.6 is 0 Å². The number of benzene rings is 2. The normalized spacial score (nSPS) is 25.7. The highest BCUT2D eigenvalue weighted by Gasteiger charge is 2.53. The molecular weight excluding hydrogens is 931 g/mol. The Hall–Kier alpha value is -7.29. The average molecular weight is 986 g/mol. The van der Waals surface area contributed by atoms with E-state index in [0.29, 0.717) is 37.1 Å². The van der Waals surface area contributed by atoms with Crippen LogP contribution in [0.25, 0.3) is 11.1 Å². The Balaban J connectivity index is 1.40. The van der Waals surface area contributed by atoms with Gasteiger partial charge in [-0.1, -0.05) is 35.8 Å². The fraction of sp³-hybridized carbons (Fsp3) is 0.510. The molecule has 4 aliphatic rings. The second kappa shape index (κ2) is 22.6. The van der Waals surface area contributed by atoms with E-state index in [1.807, 2.05) is 24.3 Å². The summed E-state index contributed by atoms with van der Waals surface area (Å²) in [6.45, 7) is 10.7. The summed E-state index contributed by atoms with van der Waals surface area (Å²) in [7, 11) is 0. The quantitative estimate of drug-likeness (QED) is 0.188. The van der Waals surface area contributed by atoms with Crippen molar-refractivity contribution in [3.8, 4) is 34.8 Å². The van der Waals surface area contributed by atoms with Crippen molar-refractivity contribution < 1.29 is 90.5 Å². The summed E-state index contributed by atoms with van der Waals surface area (Å²) in [5, 5.41) is 0. The monoisotopic (exact) mass is 985 g/mol. The smallest absolute Gasteiger partial charge is 0.303 e. The van der Waals surface area contributed by atoms with Gasteiger partial charge in [-0.3, -0.25) is 43.2 Å². The van der Waals surface area contributed by atoms with Gasteiger partial charge in [0.05, 0.1) is 0 Å². The molecule has 0 radical (unpaired) electrons. The minimum atomic E-state index is -1.40. The second-order valence-electron chi connectivity index (χ2n) is 17.4. The molecule has 0 bridgehead atoms. The molecule has 0 N–H and O–H groups in total. The van der Waals surface area contributed by atoms with E-state index in [1.165, 1.54) is 20.8 Å². The van der Waals surface area contributed by atoms with Crippen LogP contribution in [0.5, 0.6) is 0 Å². The van der Waals surface area contributed by atoms with Crippen LogP contribution in [0.4, 0.5) is 0 Å². The zero-order valence-corrected chi connectivity index (χ0v) is 40.7. The van der Waals surface area contributed by atoms with Gasteiger partial charge in [-0.15, -0.1) is 0 Å². The van der Waals surface area contributed by atoms with Gasteiger partial charge < -0.3 is 52.3 Å². The molecule has 1 spiro atoms. The Kier molecular flexibility index (Phi) is 16.9. The molecule has 1 aliphatic carbocycles. The number of esters is 8. The van der Waals surface area contributed by atoms with Crippen molar-refractivity contribution in [2.45, 2.75) is 142 Å². The van der Waals surface area contributed by atoms with Crippen LogP contribution in [0.1, 0.15) is 97.4 Å². The number of piperidine rings is 1. The van der Waals surface area contributed by atoms with Crippen molar-refractivity contribution in [1.82, 2.24) is 4.90 Å². The summed E-state index contributed by atoms with van der Waals surface area (Å²) in [4.78, 5) is 112. The van der Waals surface area contributed by atoms with E-state index in [2.05, 4.69) is 23.7 Å². The lowest BCUT2D eigenvalue weighted by atomic mass is 9.70. The number of likely N-dealkylation sites (tertiary alicyclic amines) is 1. The second-order valence-corrected chi connectivity index (χ2v) is 17.4. The van der Waals surface area contributed by atoms with E-state index in [9.17, 15) is 43.2 Å².